The molecule has 0 unspecified atom stereocenters. The lowest BCUT2D eigenvalue weighted by Crippen LogP contribution is -2.33. The molecule has 84 valence electrons. The number of nitrogens with zero attached hydrogens (tertiary/aromatic N) is 1. The molecular formula is C11H12N2O3. The van der Waals surface area contributed by atoms with Crippen LogP contribution in [0.25, 0.3) is 0 Å². The molecule has 1 aromatic rings. The van der Waals surface area contributed by atoms with Crippen molar-refractivity contribution in [2.75, 3.05) is 11.4 Å². The molecular weight excluding hydrogens is 208 g/mol. The third kappa shape index (κ3) is 2.25. The number of primary amides is 1. The van der Waals surface area contributed by atoms with E-state index in [0.29, 0.717) is 12.2 Å². The fraction of sp³-hybridized carbons (Fsp3) is 0.182. The number of hydrogen-bond acceptors (Lipinski definition) is 3. The van der Waals surface area contributed by atoms with Gasteiger partial charge in [-0.2, -0.15) is 0 Å². The average molecular weight is 220 g/mol. The third-order valence-corrected chi connectivity index (χ3v) is 2.14. The Labute approximate surface area is 92.8 Å². The fourth-order valence-electron chi connectivity index (χ4n) is 1.43. The Kier molecular flexibility index (Phi) is 3.77. The van der Waals surface area contributed by atoms with Gasteiger partial charge in [0.05, 0.1) is 11.3 Å². The Morgan fingerprint density at radius 2 is 2.00 bits per heavy atom. The minimum Gasteiger partial charge on any atom is -0.366 e. The third-order valence-electron chi connectivity index (χ3n) is 2.14. The van der Waals surface area contributed by atoms with Crippen molar-refractivity contribution in [1.29, 1.82) is 0 Å². The number of benzene rings is 1. The summed E-state index contributed by atoms with van der Waals surface area (Å²) in [6.07, 6.45) is 0.210. The average Bonchev–Trinajstić information content (AvgIpc) is 2.30. The highest BCUT2D eigenvalue weighted by Crippen LogP contribution is 2.19. The molecule has 0 atom stereocenters. The van der Waals surface area contributed by atoms with Crippen molar-refractivity contribution in [1.82, 2.24) is 0 Å². The van der Waals surface area contributed by atoms with Crippen molar-refractivity contribution in [3.8, 4) is 0 Å². The number of anilines is 1. The van der Waals surface area contributed by atoms with E-state index in [1.807, 2.05) is 0 Å². The van der Waals surface area contributed by atoms with Crippen LogP contribution in [0, 0.1) is 0 Å². The minimum absolute atomic E-state index is 0.210. The van der Waals surface area contributed by atoms with E-state index in [0.717, 1.165) is 0 Å². The van der Waals surface area contributed by atoms with Crippen LogP contribution in [0.1, 0.15) is 17.3 Å². The van der Waals surface area contributed by atoms with Crippen molar-refractivity contribution < 1.29 is 14.4 Å². The molecule has 0 aliphatic carbocycles. The van der Waals surface area contributed by atoms with Gasteiger partial charge in [0.25, 0.3) is 11.8 Å². The van der Waals surface area contributed by atoms with E-state index in [9.17, 15) is 14.4 Å². The zero-order chi connectivity index (χ0) is 12.1. The molecule has 16 heavy (non-hydrogen) atoms. The Morgan fingerprint density at radius 3 is 2.50 bits per heavy atom. The molecule has 1 aromatic carbocycles. The summed E-state index contributed by atoms with van der Waals surface area (Å²) in [5, 5.41) is 0. The lowest BCUT2D eigenvalue weighted by molar-refractivity contribution is -0.129. The van der Waals surface area contributed by atoms with E-state index < -0.39 is 11.8 Å². The molecule has 0 aliphatic rings. The number of aldehydes is 1. The van der Waals surface area contributed by atoms with Crippen LogP contribution in [0.5, 0.6) is 0 Å². The van der Waals surface area contributed by atoms with Crippen molar-refractivity contribution in [2.24, 2.45) is 5.73 Å². The predicted molar refractivity (Wildman–Crippen MR) is 59.1 cm³/mol. The highest BCUT2D eigenvalue weighted by Gasteiger charge is 2.17. The molecule has 0 saturated carbocycles. The van der Waals surface area contributed by atoms with E-state index in [1.54, 1.807) is 25.1 Å². The molecule has 0 saturated heterocycles. The lowest BCUT2D eigenvalue weighted by Gasteiger charge is -2.20. The summed E-state index contributed by atoms with van der Waals surface area (Å²) in [6.45, 7) is 2.00. The quantitative estimate of drug-likeness (QED) is 0.586. The Bertz CT molecular complexity index is 429. The molecule has 1 rings (SSSR count). The van der Waals surface area contributed by atoms with Crippen molar-refractivity contribution in [3.05, 3.63) is 29.8 Å². The van der Waals surface area contributed by atoms with E-state index in [4.69, 9.17) is 5.73 Å². The number of carbonyl (C=O) groups excluding carboxylic acids is 3. The monoisotopic (exact) mass is 220 g/mol. The molecule has 2 N–H and O–H groups in total. The zero-order valence-electron chi connectivity index (χ0n) is 8.84. The van der Waals surface area contributed by atoms with Crippen LogP contribution >= 0.6 is 0 Å². The first kappa shape index (κ1) is 11.9. The maximum atomic E-state index is 11.3. The normalized spacial score (nSPS) is 9.56. The van der Waals surface area contributed by atoms with E-state index >= 15 is 0 Å². The topological polar surface area (TPSA) is 80.5 Å². The van der Waals surface area contributed by atoms with Gasteiger partial charge in [-0.15, -0.1) is 0 Å². The fourth-order valence-corrected chi connectivity index (χ4v) is 1.43. The number of rotatable bonds is 4. The minimum atomic E-state index is -0.698. The van der Waals surface area contributed by atoms with Crippen molar-refractivity contribution in [3.63, 3.8) is 0 Å². The van der Waals surface area contributed by atoms with Gasteiger partial charge in [-0.25, -0.2) is 0 Å². The smallest absolute Gasteiger partial charge is 0.291 e. The summed E-state index contributed by atoms with van der Waals surface area (Å²) in [6, 6.07) is 6.40. The van der Waals surface area contributed by atoms with Crippen molar-refractivity contribution in [2.45, 2.75) is 6.92 Å². The molecule has 0 radical (unpaired) electrons. The molecule has 0 aliphatic heterocycles. The lowest BCUT2D eigenvalue weighted by atomic mass is 10.1. The van der Waals surface area contributed by atoms with Gasteiger partial charge >= 0.3 is 0 Å². The number of amides is 2. The van der Waals surface area contributed by atoms with Gasteiger partial charge in [0.1, 0.15) is 0 Å². The Hall–Kier alpha value is -2.17. The number of para-hydroxylation sites is 1. The van der Waals surface area contributed by atoms with Crippen molar-refractivity contribution >= 4 is 23.8 Å². The van der Waals surface area contributed by atoms with Crippen LogP contribution in [0.15, 0.2) is 24.3 Å². The summed E-state index contributed by atoms with van der Waals surface area (Å²) in [7, 11) is 0. The first-order chi connectivity index (χ1) is 7.61. The van der Waals surface area contributed by atoms with Gasteiger partial charge < -0.3 is 10.6 Å². The van der Waals surface area contributed by atoms with Crippen LogP contribution in [-0.2, 0) is 9.59 Å². The van der Waals surface area contributed by atoms with Gasteiger partial charge in [0.15, 0.2) is 0 Å². The maximum absolute atomic E-state index is 11.3. The predicted octanol–water partition coefficient (Wildman–Crippen LogP) is 0.337. The zero-order valence-corrected chi connectivity index (χ0v) is 8.84. The summed E-state index contributed by atoms with van der Waals surface area (Å²) in [5.74, 6) is -1.33. The Balaban J connectivity index is 3.24. The van der Waals surface area contributed by atoms with E-state index in [2.05, 4.69) is 0 Å². The number of carbonyl (C=O) groups is 3. The summed E-state index contributed by atoms with van der Waals surface area (Å²) in [5.41, 5.74) is 5.76. The number of nitrogens with two attached hydrogens (primary N) is 1. The second-order valence-electron chi connectivity index (χ2n) is 3.08. The first-order valence-corrected chi connectivity index (χ1v) is 4.77. The number of likely N-dealkylation sites (N-methyl/N-ethyl adjacent to an activating group) is 1. The van der Waals surface area contributed by atoms with E-state index in [1.165, 1.54) is 11.0 Å². The molecule has 0 bridgehead atoms. The summed E-state index contributed by atoms with van der Waals surface area (Å²) in [4.78, 5) is 34.1. The molecule has 0 spiro atoms. The Morgan fingerprint density at radius 1 is 1.38 bits per heavy atom. The van der Waals surface area contributed by atoms with Crippen LogP contribution in [0.4, 0.5) is 5.69 Å². The number of hydrogen-bond donors (Lipinski definition) is 1. The van der Waals surface area contributed by atoms with Crippen LogP contribution < -0.4 is 10.6 Å². The van der Waals surface area contributed by atoms with Gasteiger partial charge in [-0.05, 0) is 19.1 Å². The SMILES string of the molecule is CCN(C(=O)C=O)c1ccccc1C(N)=O. The molecule has 0 fully saturated rings. The molecule has 0 aromatic heterocycles. The van der Waals surface area contributed by atoms with Crippen LogP contribution in [0.3, 0.4) is 0 Å². The highest BCUT2D eigenvalue weighted by molar-refractivity contribution is 6.31. The van der Waals surface area contributed by atoms with Crippen LogP contribution in [-0.4, -0.2) is 24.6 Å². The van der Waals surface area contributed by atoms with Gasteiger partial charge in [0, 0.05) is 6.54 Å². The molecule has 5 heteroatoms. The van der Waals surface area contributed by atoms with Crippen LogP contribution in [0.2, 0.25) is 0 Å². The van der Waals surface area contributed by atoms with E-state index in [-0.39, 0.29) is 11.8 Å². The second kappa shape index (κ2) is 5.06. The molecule has 2 amide bonds. The van der Waals surface area contributed by atoms with Gasteiger partial charge in [-0.1, -0.05) is 12.1 Å². The van der Waals surface area contributed by atoms with Gasteiger partial charge in [-0.3, -0.25) is 14.4 Å². The second-order valence-corrected chi connectivity index (χ2v) is 3.08. The molecule has 5 nitrogen and oxygen atoms in total. The maximum Gasteiger partial charge on any atom is 0.291 e. The summed E-state index contributed by atoms with van der Waals surface area (Å²) >= 11 is 0. The standard InChI is InChI=1S/C11H12N2O3/c1-2-13(10(15)7-14)9-6-4-3-5-8(9)11(12)16/h3-7H,2H2,1H3,(H2,12,16). The molecule has 0 heterocycles. The summed E-state index contributed by atoms with van der Waals surface area (Å²) < 4.78 is 0. The first-order valence-electron chi connectivity index (χ1n) is 4.77. The van der Waals surface area contributed by atoms with Gasteiger partial charge in [0.2, 0.25) is 6.29 Å². The highest BCUT2D eigenvalue weighted by atomic mass is 16.2. The largest absolute Gasteiger partial charge is 0.366 e.